The molecule has 0 heterocycles. The van der Waals surface area contributed by atoms with Crippen LogP contribution in [0.3, 0.4) is 0 Å². The Hall–Kier alpha value is -1.40. The van der Waals surface area contributed by atoms with Gasteiger partial charge in [-0.05, 0) is 51.4 Å². The second-order valence-electron chi connectivity index (χ2n) is 20.7. The molecule has 0 saturated carbocycles. The molecule has 0 aromatic heterocycles. The van der Waals surface area contributed by atoms with E-state index in [2.05, 4.69) is 31.3 Å². The van der Waals surface area contributed by atoms with Gasteiger partial charge in [-0.25, -0.2) is 0 Å². The third-order valence-electron chi connectivity index (χ3n) is 14.1. The average molecular weight is 933 g/mol. The standard InChI is InChI=1S/C60H117NO5/c1-3-5-7-9-11-13-15-17-19-21-22-24-26-30-34-38-42-46-50-54-60(65)66-55-51-47-43-39-35-31-27-29-33-37-41-45-49-53-59(64)61-57(56-62)58(63)52-48-44-40-36-32-28-25-23-20-18-16-14-12-10-8-6-4-2/h29,33,57-58,62-63H,3-28,30-32,34-56H2,1-2H3,(H,61,64)/b33-29-. The Morgan fingerprint density at radius 1 is 0.409 bits per heavy atom. The maximum absolute atomic E-state index is 12.5. The molecule has 2 unspecified atom stereocenters. The van der Waals surface area contributed by atoms with Crippen molar-refractivity contribution >= 4 is 11.9 Å². The molecule has 0 aromatic rings. The Balaban J connectivity index is 3.45. The van der Waals surface area contributed by atoms with E-state index in [-0.39, 0.29) is 18.5 Å². The summed E-state index contributed by atoms with van der Waals surface area (Å²) in [4.78, 5) is 24.6. The van der Waals surface area contributed by atoms with E-state index in [4.69, 9.17) is 4.74 Å². The van der Waals surface area contributed by atoms with Gasteiger partial charge in [0.2, 0.25) is 5.91 Å². The molecule has 0 saturated heterocycles. The van der Waals surface area contributed by atoms with Crippen LogP contribution in [-0.2, 0) is 14.3 Å². The fraction of sp³-hybridized carbons (Fsp3) is 0.933. The largest absolute Gasteiger partial charge is 0.466 e. The van der Waals surface area contributed by atoms with Crippen molar-refractivity contribution in [2.75, 3.05) is 13.2 Å². The third-order valence-corrected chi connectivity index (χ3v) is 14.1. The van der Waals surface area contributed by atoms with E-state index in [0.29, 0.717) is 25.9 Å². The molecule has 66 heavy (non-hydrogen) atoms. The fourth-order valence-corrected chi connectivity index (χ4v) is 9.46. The van der Waals surface area contributed by atoms with Crippen molar-refractivity contribution < 1.29 is 24.5 Å². The number of esters is 1. The lowest BCUT2D eigenvalue weighted by molar-refractivity contribution is -0.143. The summed E-state index contributed by atoms with van der Waals surface area (Å²) in [6.07, 6.45) is 66.4. The molecule has 3 N–H and O–H groups in total. The van der Waals surface area contributed by atoms with Crippen LogP contribution in [0, 0.1) is 0 Å². The highest BCUT2D eigenvalue weighted by molar-refractivity contribution is 5.76. The molecule has 0 aliphatic heterocycles. The number of hydrogen-bond donors (Lipinski definition) is 3. The lowest BCUT2D eigenvalue weighted by Gasteiger charge is -2.22. The highest BCUT2D eigenvalue weighted by atomic mass is 16.5. The summed E-state index contributed by atoms with van der Waals surface area (Å²) in [5.74, 6) is -0.0688. The van der Waals surface area contributed by atoms with E-state index in [1.54, 1.807) is 0 Å². The van der Waals surface area contributed by atoms with Gasteiger partial charge >= 0.3 is 5.97 Å². The maximum Gasteiger partial charge on any atom is 0.305 e. The van der Waals surface area contributed by atoms with Crippen LogP contribution in [0.1, 0.15) is 335 Å². The van der Waals surface area contributed by atoms with Crippen molar-refractivity contribution in [1.82, 2.24) is 5.32 Å². The van der Waals surface area contributed by atoms with Crippen LogP contribution in [0.2, 0.25) is 0 Å². The maximum atomic E-state index is 12.5. The van der Waals surface area contributed by atoms with Crippen molar-refractivity contribution in [3.8, 4) is 0 Å². The Bertz CT molecular complexity index is 986. The van der Waals surface area contributed by atoms with Gasteiger partial charge in [-0.2, -0.15) is 0 Å². The molecule has 6 heteroatoms. The molecule has 392 valence electrons. The average Bonchev–Trinajstić information content (AvgIpc) is 3.32. The monoisotopic (exact) mass is 932 g/mol. The Labute approximate surface area is 412 Å². The Morgan fingerprint density at radius 2 is 0.712 bits per heavy atom. The van der Waals surface area contributed by atoms with Crippen LogP contribution < -0.4 is 5.32 Å². The molecule has 0 bridgehead atoms. The third kappa shape index (κ3) is 52.0. The Kier molecular flexibility index (Phi) is 55.0. The number of hydrogen-bond acceptors (Lipinski definition) is 5. The van der Waals surface area contributed by atoms with E-state index >= 15 is 0 Å². The number of amides is 1. The van der Waals surface area contributed by atoms with Gasteiger partial charge in [-0.15, -0.1) is 0 Å². The van der Waals surface area contributed by atoms with Crippen LogP contribution in [0.15, 0.2) is 12.2 Å². The molecular formula is C60H117NO5. The van der Waals surface area contributed by atoms with Crippen LogP contribution in [-0.4, -0.2) is 47.4 Å². The van der Waals surface area contributed by atoms with Gasteiger partial charge in [0, 0.05) is 12.8 Å². The van der Waals surface area contributed by atoms with E-state index in [9.17, 15) is 19.8 Å². The molecule has 6 nitrogen and oxygen atoms in total. The van der Waals surface area contributed by atoms with Gasteiger partial charge < -0.3 is 20.3 Å². The summed E-state index contributed by atoms with van der Waals surface area (Å²) in [7, 11) is 0. The summed E-state index contributed by atoms with van der Waals surface area (Å²) in [5, 5.41) is 23.3. The predicted molar refractivity (Wildman–Crippen MR) is 287 cm³/mol. The number of carbonyl (C=O) groups is 2. The molecule has 0 aromatic carbocycles. The van der Waals surface area contributed by atoms with Crippen molar-refractivity contribution in [2.45, 2.75) is 347 Å². The number of ether oxygens (including phenoxy) is 1. The molecule has 1 amide bonds. The van der Waals surface area contributed by atoms with E-state index in [0.717, 1.165) is 70.6 Å². The van der Waals surface area contributed by atoms with Crippen LogP contribution in [0.5, 0.6) is 0 Å². The van der Waals surface area contributed by atoms with E-state index < -0.39 is 12.1 Å². The zero-order valence-electron chi connectivity index (χ0n) is 44.7. The molecule has 0 rings (SSSR count). The van der Waals surface area contributed by atoms with Gasteiger partial charge in [0.25, 0.3) is 0 Å². The summed E-state index contributed by atoms with van der Waals surface area (Å²) in [5.41, 5.74) is 0. The minimum Gasteiger partial charge on any atom is -0.466 e. The summed E-state index contributed by atoms with van der Waals surface area (Å²) in [6.45, 7) is 4.94. The lowest BCUT2D eigenvalue weighted by atomic mass is 10.0. The number of carbonyl (C=O) groups excluding carboxylic acids is 2. The zero-order valence-corrected chi connectivity index (χ0v) is 44.7. The molecule has 0 aliphatic carbocycles. The normalized spacial score (nSPS) is 12.6. The summed E-state index contributed by atoms with van der Waals surface area (Å²) in [6, 6.07) is -0.561. The fourth-order valence-electron chi connectivity index (χ4n) is 9.46. The van der Waals surface area contributed by atoms with Crippen molar-refractivity contribution in [2.24, 2.45) is 0 Å². The highest BCUT2D eigenvalue weighted by Crippen LogP contribution is 2.18. The van der Waals surface area contributed by atoms with Gasteiger partial charge in [0.05, 0.1) is 25.4 Å². The first-order valence-corrected chi connectivity index (χ1v) is 29.9. The van der Waals surface area contributed by atoms with E-state index in [1.807, 2.05) is 0 Å². The summed E-state index contributed by atoms with van der Waals surface area (Å²) >= 11 is 0. The number of aliphatic hydroxyl groups excluding tert-OH is 2. The number of unbranched alkanes of at least 4 members (excludes halogenated alkanes) is 43. The smallest absolute Gasteiger partial charge is 0.305 e. The molecule has 2 atom stereocenters. The Morgan fingerprint density at radius 3 is 1.09 bits per heavy atom. The molecular weight excluding hydrogens is 815 g/mol. The molecule has 0 fully saturated rings. The quantitative estimate of drug-likeness (QED) is 0.0321. The second kappa shape index (κ2) is 56.2. The highest BCUT2D eigenvalue weighted by Gasteiger charge is 2.20. The topological polar surface area (TPSA) is 95.9 Å². The first kappa shape index (κ1) is 64.6. The van der Waals surface area contributed by atoms with E-state index in [1.165, 1.54) is 231 Å². The number of aliphatic hydroxyl groups is 2. The van der Waals surface area contributed by atoms with Gasteiger partial charge in [-0.3, -0.25) is 9.59 Å². The van der Waals surface area contributed by atoms with Crippen LogP contribution >= 0.6 is 0 Å². The first-order chi connectivity index (χ1) is 32.5. The second-order valence-corrected chi connectivity index (χ2v) is 20.7. The number of nitrogens with one attached hydrogen (secondary N) is 1. The minimum atomic E-state index is -0.681. The van der Waals surface area contributed by atoms with Gasteiger partial charge in [0.15, 0.2) is 0 Å². The minimum absolute atomic E-state index is 0.00695. The lowest BCUT2D eigenvalue weighted by Crippen LogP contribution is -2.45. The zero-order chi connectivity index (χ0) is 47.9. The van der Waals surface area contributed by atoms with Gasteiger partial charge in [-0.1, -0.05) is 283 Å². The van der Waals surface area contributed by atoms with Crippen molar-refractivity contribution in [1.29, 1.82) is 0 Å². The molecule has 0 aliphatic rings. The van der Waals surface area contributed by atoms with Crippen molar-refractivity contribution in [3.05, 3.63) is 12.2 Å². The van der Waals surface area contributed by atoms with Crippen LogP contribution in [0.4, 0.5) is 0 Å². The first-order valence-electron chi connectivity index (χ1n) is 29.9. The number of allylic oxidation sites excluding steroid dienone is 2. The van der Waals surface area contributed by atoms with Gasteiger partial charge in [0.1, 0.15) is 0 Å². The molecule has 0 radical (unpaired) electrons. The van der Waals surface area contributed by atoms with Crippen molar-refractivity contribution in [3.63, 3.8) is 0 Å². The summed E-state index contributed by atoms with van der Waals surface area (Å²) < 4.78 is 5.48. The predicted octanol–water partition coefficient (Wildman–Crippen LogP) is 18.5. The SMILES string of the molecule is CCCCCCCCCCCCCCCCCCCCCC(=O)OCCCCCCCC/C=C\CCCCCC(=O)NC(CO)C(O)CCCCCCCCCCCCCCCCCCC. The van der Waals surface area contributed by atoms with Crippen LogP contribution in [0.25, 0.3) is 0 Å². The molecule has 0 spiro atoms. The number of rotatable bonds is 56.